The largest absolute Gasteiger partial charge is 0.352 e. The molecule has 12 heteroatoms. The summed E-state index contributed by atoms with van der Waals surface area (Å²) in [4.78, 5) is 33.1. The summed E-state index contributed by atoms with van der Waals surface area (Å²) in [6.45, 7) is -0.391. The Labute approximate surface area is 214 Å². The van der Waals surface area contributed by atoms with Gasteiger partial charge >= 0.3 is 0 Å². The van der Waals surface area contributed by atoms with Crippen molar-refractivity contribution in [2.24, 2.45) is 0 Å². The zero-order chi connectivity index (χ0) is 26.2. The van der Waals surface area contributed by atoms with Gasteiger partial charge in [-0.2, -0.15) is 4.39 Å². The average molecular weight is 543 g/mol. The zero-order valence-corrected chi connectivity index (χ0v) is 20.8. The standard InChI is InChI=1S/C25H20F2N4O4S2/c26-16-3-7-18(8-4-16)37(34,35)23(24(33)29-13-22(32)30-17-5-6-17)25-31-19-9-1-14(11-20(19)36-25)15-2-10-21(27)28-12-15/h1-4,7-12,17,23H,5-6,13H2,(H,29,33)(H,30,32). The van der Waals surface area contributed by atoms with E-state index in [1.54, 1.807) is 24.3 Å². The summed E-state index contributed by atoms with van der Waals surface area (Å²) < 4.78 is 54.4. The fourth-order valence-corrected chi connectivity index (χ4v) is 6.68. The molecule has 1 atom stereocenters. The van der Waals surface area contributed by atoms with Gasteiger partial charge in [0.25, 0.3) is 0 Å². The van der Waals surface area contributed by atoms with Gasteiger partial charge in [0.15, 0.2) is 15.1 Å². The first kappa shape index (κ1) is 24.9. The van der Waals surface area contributed by atoms with E-state index >= 15 is 0 Å². The third-order valence-electron chi connectivity index (χ3n) is 5.75. The predicted octanol–water partition coefficient (Wildman–Crippen LogP) is 3.55. The molecule has 0 bridgehead atoms. The second kappa shape index (κ2) is 9.94. The van der Waals surface area contributed by atoms with Crippen molar-refractivity contribution in [2.45, 2.75) is 29.0 Å². The first-order valence-electron chi connectivity index (χ1n) is 11.3. The van der Waals surface area contributed by atoms with Crippen molar-refractivity contribution in [1.82, 2.24) is 20.6 Å². The summed E-state index contributed by atoms with van der Waals surface area (Å²) in [7, 11) is -4.36. The maximum absolute atomic E-state index is 13.6. The van der Waals surface area contributed by atoms with Crippen molar-refractivity contribution in [3.8, 4) is 11.1 Å². The minimum absolute atomic E-state index is 0.00573. The van der Waals surface area contributed by atoms with E-state index in [-0.39, 0.29) is 15.9 Å². The molecule has 0 aliphatic heterocycles. The molecule has 37 heavy (non-hydrogen) atoms. The van der Waals surface area contributed by atoms with E-state index in [2.05, 4.69) is 20.6 Å². The lowest BCUT2D eigenvalue weighted by molar-refractivity contribution is -0.126. The summed E-state index contributed by atoms with van der Waals surface area (Å²) in [6, 6.07) is 12.2. The fourth-order valence-electron chi connectivity index (χ4n) is 3.69. The summed E-state index contributed by atoms with van der Waals surface area (Å²) in [6.07, 6.45) is 3.10. The quantitative estimate of drug-likeness (QED) is 0.260. The second-order valence-corrected chi connectivity index (χ2v) is 11.6. The Morgan fingerprint density at radius 1 is 1.03 bits per heavy atom. The molecule has 0 radical (unpaired) electrons. The van der Waals surface area contributed by atoms with Crippen LogP contribution >= 0.6 is 11.3 Å². The highest BCUT2D eigenvalue weighted by Crippen LogP contribution is 2.36. The van der Waals surface area contributed by atoms with E-state index in [9.17, 15) is 26.8 Å². The number of rotatable bonds is 8. The highest BCUT2D eigenvalue weighted by Gasteiger charge is 2.38. The lowest BCUT2D eigenvalue weighted by Crippen LogP contribution is -2.41. The van der Waals surface area contributed by atoms with Crippen LogP contribution in [-0.4, -0.2) is 42.8 Å². The molecule has 0 spiro atoms. The molecular formula is C25H20F2N4O4S2. The van der Waals surface area contributed by atoms with Crippen molar-refractivity contribution in [2.75, 3.05) is 6.54 Å². The molecule has 1 saturated carbocycles. The van der Waals surface area contributed by atoms with Crippen LogP contribution in [0.3, 0.4) is 0 Å². The van der Waals surface area contributed by atoms with E-state index in [1.165, 1.54) is 12.3 Å². The fraction of sp³-hybridized carbons (Fsp3) is 0.200. The van der Waals surface area contributed by atoms with Crippen molar-refractivity contribution in [3.05, 3.63) is 77.6 Å². The number of aromatic nitrogens is 2. The van der Waals surface area contributed by atoms with Gasteiger partial charge in [0, 0.05) is 17.8 Å². The van der Waals surface area contributed by atoms with E-state index in [0.717, 1.165) is 48.4 Å². The molecule has 0 saturated heterocycles. The van der Waals surface area contributed by atoms with Gasteiger partial charge in [-0.1, -0.05) is 6.07 Å². The number of carbonyl (C=O) groups excluding carboxylic acids is 2. The number of hydrogen-bond donors (Lipinski definition) is 2. The summed E-state index contributed by atoms with van der Waals surface area (Å²) in [5.41, 5.74) is 1.81. The van der Waals surface area contributed by atoms with Crippen LogP contribution in [0, 0.1) is 11.8 Å². The van der Waals surface area contributed by atoms with E-state index < -0.39 is 45.2 Å². The van der Waals surface area contributed by atoms with Gasteiger partial charge in [-0.3, -0.25) is 9.59 Å². The van der Waals surface area contributed by atoms with Gasteiger partial charge in [-0.15, -0.1) is 11.3 Å². The lowest BCUT2D eigenvalue weighted by atomic mass is 10.1. The topological polar surface area (TPSA) is 118 Å². The smallest absolute Gasteiger partial charge is 0.246 e. The van der Waals surface area contributed by atoms with Crippen LogP contribution < -0.4 is 10.6 Å². The molecule has 4 aromatic rings. The third kappa shape index (κ3) is 5.49. The number of thiazole rings is 1. The van der Waals surface area contributed by atoms with Crippen LogP contribution in [-0.2, 0) is 19.4 Å². The third-order valence-corrected chi connectivity index (χ3v) is 8.97. The number of hydrogen-bond acceptors (Lipinski definition) is 7. The van der Waals surface area contributed by atoms with E-state index in [4.69, 9.17) is 0 Å². The predicted molar refractivity (Wildman–Crippen MR) is 133 cm³/mol. The van der Waals surface area contributed by atoms with Crippen molar-refractivity contribution >= 4 is 43.2 Å². The van der Waals surface area contributed by atoms with Crippen molar-refractivity contribution in [3.63, 3.8) is 0 Å². The molecule has 2 aromatic carbocycles. The van der Waals surface area contributed by atoms with Gasteiger partial charge in [-0.25, -0.2) is 22.8 Å². The van der Waals surface area contributed by atoms with Crippen LogP contribution in [0.15, 0.2) is 65.7 Å². The molecule has 2 N–H and O–H groups in total. The maximum atomic E-state index is 13.6. The molecular weight excluding hydrogens is 522 g/mol. The molecule has 2 amide bonds. The minimum Gasteiger partial charge on any atom is -0.352 e. The molecule has 2 heterocycles. The SMILES string of the molecule is O=C(CNC(=O)C(c1nc2ccc(-c3ccc(F)nc3)cc2s1)S(=O)(=O)c1ccc(F)cc1)NC1CC1. The van der Waals surface area contributed by atoms with Crippen LogP contribution in [0.4, 0.5) is 8.78 Å². The Bertz CT molecular complexity index is 1590. The number of fused-ring (bicyclic) bond motifs is 1. The molecule has 1 fully saturated rings. The maximum Gasteiger partial charge on any atom is 0.246 e. The van der Waals surface area contributed by atoms with Gasteiger partial charge in [0.1, 0.15) is 10.8 Å². The van der Waals surface area contributed by atoms with Crippen LogP contribution in [0.25, 0.3) is 21.3 Å². The first-order chi connectivity index (χ1) is 17.7. The number of nitrogens with one attached hydrogen (secondary N) is 2. The Kier molecular flexibility index (Phi) is 6.69. The number of benzene rings is 2. The van der Waals surface area contributed by atoms with Crippen LogP contribution in [0.1, 0.15) is 23.1 Å². The van der Waals surface area contributed by atoms with Gasteiger partial charge in [-0.05, 0) is 66.9 Å². The highest BCUT2D eigenvalue weighted by atomic mass is 32.2. The number of sulfone groups is 1. The van der Waals surface area contributed by atoms with Gasteiger partial charge in [0.2, 0.25) is 17.8 Å². The molecule has 5 rings (SSSR count). The first-order valence-corrected chi connectivity index (χ1v) is 13.7. The second-order valence-electron chi connectivity index (χ2n) is 8.54. The van der Waals surface area contributed by atoms with Gasteiger partial charge < -0.3 is 10.6 Å². The number of pyridine rings is 1. The summed E-state index contributed by atoms with van der Waals surface area (Å²) in [5.74, 6) is -2.58. The lowest BCUT2D eigenvalue weighted by Gasteiger charge is -2.16. The highest BCUT2D eigenvalue weighted by molar-refractivity contribution is 7.92. The monoisotopic (exact) mass is 542 g/mol. The Balaban J connectivity index is 1.50. The Morgan fingerprint density at radius 3 is 2.43 bits per heavy atom. The van der Waals surface area contributed by atoms with E-state index in [1.807, 2.05) is 0 Å². The average Bonchev–Trinajstić information content (AvgIpc) is 3.59. The summed E-state index contributed by atoms with van der Waals surface area (Å²) >= 11 is 1.01. The van der Waals surface area contributed by atoms with E-state index in [0.29, 0.717) is 21.3 Å². The summed E-state index contributed by atoms with van der Waals surface area (Å²) in [5, 5.41) is 3.36. The normalized spacial score (nSPS) is 14.3. The number of halogens is 2. The Morgan fingerprint density at radius 2 is 1.76 bits per heavy atom. The molecule has 8 nitrogen and oxygen atoms in total. The molecule has 2 aromatic heterocycles. The van der Waals surface area contributed by atoms with Crippen LogP contribution in [0.5, 0.6) is 0 Å². The molecule has 1 aliphatic carbocycles. The van der Waals surface area contributed by atoms with Crippen molar-refractivity contribution in [1.29, 1.82) is 0 Å². The number of carbonyl (C=O) groups is 2. The van der Waals surface area contributed by atoms with Crippen LogP contribution in [0.2, 0.25) is 0 Å². The number of amides is 2. The minimum atomic E-state index is -4.36. The number of nitrogens with zero attached hydrogens (tertiary/aromatic N) is 2. The zero-order valence-electron chi connectivity index (χ0n) is 19.1. The molecule has 1 unspecified atom stereocenters. The molecule has 1 aliphatic rings. The van der Waals surface area contributed by atoms with Gasteiger partial charge in [0.05, 0.1) is 21.7 Å². The molecule has 190 valence electrons. The van der Waals surface area contributed by atoms with Crippen molar-refractivity contribution < 1.29 is 26.8 Å². The Hall–Kier alpha value is -3.77.